The molecule has 1 N–H and O–H groups in total. The van der Waals surface area contributed by atoms with E-state index in [1.165, 1.54) is 24.3 Å². The maximum Gasteiger partial charge on any atom is 0.417 e. The van der Waals surface area contributed by atoms with E-state index in [0.717, 1.165) is 37.1 Å². The third-order valence-electron chi connectivity index (χ3n) is 5.23. The van der Waals surface area contributed by atoms with Gasteiger partial charge >= 0.3 is 12.4 Å². The molecule has 0 heterocycles. The predicted molar refractivity (Wildman–Crippen MR) is 95.4 cm³/mol. The van der Waals surface area contributed by atoms with Crippen molar-refractivity contribution in [2.75, 3.05) is 0 Å². The summed E-state index contributed by atoms with van der Waals surface area (Å²) in [5, 5.41) is 2.68. The molecule has 1 amide bonds. The highest BCUT2D eigenvalue weighted by Crippen LogP contribution is 2.36. The first-order chi connectivity index (χ1) is 13.6. The number of rotatable bonds is 3. The van der Waals surface area contributed by atoms with Crippen LogP contribution in [0.25, 0.3) is 0 Å². The van der Waals surface area contributed by atoms with Gasteiger partial charge in [-0.2, -0.15) is 26.3 Å². The molecular weight excluding hydrogens is 396 g/mol. The smallest absolute Gasteiger partial charge is 0.349 e. The lowest BCUT2D eigenvalue weighted by Crippen LogP contribution is -2.41. The van der Waals surface area contributed by atoms with E-state index in [2.05, 4.69) is 5.32 Å². The Morgan fingerprint density at radius 1 is 0.828 bits per heavy atom. The maximum absolute atomic E-state index is 13.2. The Hall–Kier alpha value is -2.51. The van der Waals surface area contributed by atoms with Crippen LogP contribution in [0.4, 0.5) is 26.3 Å². The Balaban J connectivity index is 1.82. The number of nitrogens with one attached hydrogen (secondary N) is 1. The molecule has 2 aromatic rings. The first kappa shape index (κ1) is 21.2. The molecule has 1 fully saturated rings. The van der Waals surface area contributed by atoms with Gasteiger partial charge in [0.2, 0.25) is 0 Å². The fraction of sp³-hybridized carbons (Fsp3) is 0.381. The van der Waals surface area contributed by atoms with E-state index in [1.54, 1.807) is 0 Å². The highest BCUT2D eigenvalue weighted by atomic mass is 19.4. The molecule has 1 saturated carbocycles. The summed E-state index contributed by atoms with van der Waals surface area (Å²) in [6, 6.07) is 8.82. The van der Waals surface area contributed by atoms with E-state index in [-0.39, 0.29) is 5.92 Å². The van der Waals surface area contributed by atoms with Gasteiger partial charge in [0.25, 0.3) is 5.91 Å². The summed E-state index contributed by atoms with van der Waals surface area (Å²) in [6.07, 6.45) is -6.31. The van der Waals surface area contributed by atoms with Crippen molar-refractivity contribution in [3.05, 3.63) is 70.8 Å². The van der Waals surface area contributed by atoms with Crippen molar-refractivity contribution in [3.63, 3.8) is 0 Å². The molecule has 0 aromatic heterocycles. The van der Waals surface area contributed by atoms with Crippen LogP contribution in [0, 0.1) is 0 Å². The molecule has 2 aromatic carbocycles. The number of benzene rings is 2. The molecule has 1 aliphatic rings. The van der Waals surface area contributed by atoms with Gasteiger partial charge < -0.3 is 5.32 Å². The van der Waals surface area contributed by atoms with E-state index in [9.17, 15) is 31.1 Å². The molecule has 3 rings (SSSR count). The van der Waals surface area contributed by atoms with Crippen LogP contribution in [0.3, 0.4) is 0 Å². The van der Waals surface area contributed by atoms with Crippen LogP contribution in [-0.4, -0.2) is 11.9 Å². The monoisotopic (exact) mass is 415 g/mol. The SMILES string of the molecule is O=C(N[C@H]1CCCC[C@@H]1c1ccc(C(F)(F)F)cc1)c1ccccc1C(F)(F)F. The Bertz CT molecular complexity index is 857. The zero-order valence-corrected chi connectivity index (χ0v) is 15.3. The van der Waals surface area contributed by atoms with Crippen LogP contribution in [0.1, 0.15) is 58.6 Å². The molecule has 0 spiro atoms. The van der Waals surface area contributed by atoms with E-state index in [4.69, 9.17) is 0 Å². The van der Waals surface area contributed by atoms with Crippen LogP contribution in [0.15, 0.2) is 48.5 Å². The second-order valence-corrected chi connectivity index (χ2v) is 7.13. The summed E-state index contributed by atoms with van der Waals surface area (Å²) in [4.78, 5) is 12.6. The van der Waals surface area contributed by atoms with Crippen molar-refractivity contribution in [3.8, 4) is 0 Å². The highest BCUT2D eigenvalue weighted by Gasteiger charge is 2.36. The lowest BCUT2D eigenvalue weighted by atomic mass is 9.79. The normalized spacial score (nSPS) is 20.3. The highest BCUT2D eigenvalue weighted by molar-refractivity contribution is 5.96. The van der Waals surface area contributed by atoms with Crippen molar-refractivity contribution < 1.29 is 31.1 Å². The Kier molecular flexibility index (Phi) is 5.91. The third-order valence-corrected chi connectivity index (χ3v) is 5.23. The molecule has 29 heavy (non-hydrogen) atoms. The first-order valence-electron chi connectivity index (χ1n) is 9.21. The van der Waals surface area contributed by atoms with Gasteiger partial charge in [-0.15, -0.1) is 0 Å². The fourth-order valence-corrected chi connectivity index (χ4v) is 3.80. The third kappa shape index (κ3) is 4.92. The standard InChI is InChI=1S/C21H19F6NO/c22-20(23,24)14-11-9-13(10-12-14)15-5-2-4-8-18(15)28-19(29)16-6-1-3-7-17(16)21(25,26)27/h1,3,6-7,9-12,15,18H,2,4-5,8H2,(H,28,29)/t15-,18+/m1/s1. The van der Waals surface area contributed by atoms with Crippen LogP contribution >= 0.6 is 0 Å². The van der Waals surface area contributed by atoms with Crippen LogP contribution in [0.2, 0.25) is 0 Å². The Labute approximate surface area is 163 Å². The molecule has 8 heteroatoms. The molecule has 0 saturated heterocycles. The first-order valence-corrected chi connectivity index (χ1v) is 9.21. The van der Waals surface area contributed by atoms with E-state index in [1.807, 2.05) is 0 Å². The topological polar surface area (TPSA) is 29.1 Å². The van der Waals surface area contributed by atoms with Gasteiger partial charge in [0.05, 0.1) is 16.7 Å². The van der Waals surface area contributed by atoms with Crippen molar-refractivity contribution >= 4 is 5.91 Å². The summed E-state index contributed by atoms with van der Waals surface area (Å²) >= 11 is 0. The summed E-state index contributed by atoms with van der Waals surface area (Å²) in [5.41, 5.74) is -1.61. The summed E-state index contributed by atoms with van der Waals surface area (Å²) in [6.45, 7) is 0. The molecule has 156 valence electrons. The van der Waals surface area contributed by atoms with Crippen LogP contribution < -0.4 is 5.32 Å². The number of hydrogen-bond acceptors (Lipinski definition) is 1. The molecule has 0 radical (unpaired) electrons. The molecule has 0 aliphatic heterocycles. The second kappa shape index (κ2) is 8.08. The molecule has 0 unspecified atom stereocenters. The van der Waals surface area contributed by atoms with Crippen LogP contribution in [0.5, 0.6) is 0 Å². The van der Waals surface area contributed by atoms with Gasteiger partial charge in [-0.3, -0.25) is 4.79 Å². The summed E-state index contributed by atoms with van der Waals surface area (Å²) in [5.74, 6) is -1.09. The predicted octanol–water partition coefficient (Wildman–Crippen LogP) is 6.18. The number of hydrogen-bond donors (Lipinski definition) is 1. The van der Waals surface area contributed by atoms with Crippen molar-refractivity contribution in [2.45, 2.75) is 50.0 Å². The largest absolute Gasteiger partial charge is 0.417 e. The lowest BCUT2D eigenvalue weighted by Gasteiger charge is -2.33. The average Bonchev–Trinajstić information content (AvgIpc) is 2.67. The Morgan fingerprint density at radius 3 is 2.07 bits per heavy atom. The van der Waals surface area contributed by atoms with Gasteiger partial charge in [0.1, 0.15) is 0 Å². The van der Waals surface area contributed by atoms with E-state index < -0.39 is 41.0 Å². The van der Waals surface area contributed by atoms with Gasteiger partial charge in [-0.25, -0.2) is 0 Å². The van der Waals surface area contributed by atoms with Crippen molar-refractivity contribution in [1.82, 2.24) is 5.32 Å². The van der Waals surface area contributed by atoms with Gasteiger partial charge in [-0.05, 0) is 42.7 Å². The van der Waals surface area contributed by atoms with E-state index >= 15 is 0 Å². The zero-order valence-electron chi connectivity index (χ0n) is 15.3. The average molecular weight is 415 g/mol. The summed E-state index contributed by atoms with van der Waals surface area (Å²) in [7, 11) is 0. The van der Waals surface area contributed by atoms with Crippen molar-refractivity contribution in [1.29, 1.82) is 0 Å². The zero-order chi connectivity index (χ0) is 21.2. The number of carbonyl (C=O) groups is 1. The molecule has 1 aliphatic carbocycles. The minimum Gasteiger partial charge on any atom is -0.349 e. The number of carbonyl (C=O) groups excluding carboxylic acids is 1. The minimum atomic E-state index is -4.66. The molecule has 0 bridgehead atoms. The van der Waals surface area contributed by atoms with Gasteiger partial charge in [0, 0.05) is 12.0 Å². The Morgan fingerprint density at radius 2 is 1.45 bits per heavy atom. The quantitative estimate of drug-likeness (QED) is 0.596. The van der Waals surface area contributed by atoms with Gasteiger partial charge in [0.15, 0.2) is 0 Å². The number of halogens is 6. The van der Waals surface area contributed by atoms with Gasteiger partial charge in [-0.1, -0.05) is 37.1 Å². The van der Waals surface area contributed by atoms with E-state index in [0.29, 0.717) is 18.4 Å². The maximum atomic E-state index is 13.2. The summed E-state index contributed by atoms with van der Waals surface area (Å²) < 4.78 is 77.9. The fourth-order valence-electron chi connectivity index (χ4n) is 3.80. The van der Waals surface area contributed by atoms with Crippen LogP contribution in [-0.2, 0) is 12.4 Å². The number of amides is 1. The number of alkyl halides is 6. The minimum absolute atomic E-state index is 0.256. The molecule has 2 atom stereocenters. The van der Waals surface area contributed by atoms with Crippen molar-refractivity contribution in [2.24, 2.45) is 0 Å². The lowest BCUT2D eigenvalue weighted by molar-refractivity contribution is -0.138. The molecule has 2 nitrogen and oxygen atoms in total. The molecular formula is C21H19F6NO. The second-order valence-electron chi connectivity index (χ2n) is 7.13.